The van der Waals surface area contributed by atoms with Crippen molar-refractivity contribution in [3.05, 3.63) is 52.4 Å². The third-order valence-corrected chi connectivity index (χ3v) is 5.02. The van der Waals surface area contributed by atoms with Gasteiger partial charge in [-0.1, -0.05) is 12.1 Å². The Balaban J connectivity index is 1.71. The van der Waals surface area contributed by atoms with Crippen molar-refractivity contribution in [2.24, 2.45) is 5.92 Å². The van der Waals surface area contributed by atoms with Crippen molar-refractivity contribution in [3.8, 4) is 11.1 Å². The monoisotopic (exact) mass is 323 g/mol. The number of benzene rings is 1. The number of amides is 1. The predicted molar refractivity (Wildman–Crippen MR) is 94.2 cm³/mol. The zero-order valence-corrected chi connectivity index (χ0v) is 13.7. The summed E-state index contributed by atoms with van der Waals surface area (Å²) < 4.78 is 1.97. The quantitative estimate of drug-likeness (QED) is 0.890. The molecule has 2 atom stereocenters. The summed E-state index contributed by atoms with van der Waals surface area (Å²) >= 11 is 0. The average Bonchev–Trinajstić information content (AvgIpc) is 2.57. The number of aromatic nitrogens is 1. The number of pyridine rings is 1. The fourth-order valence-electron chi connectivity index (χ4n) is 3.95. The van der Waals surface area contributed by atoms with E-state index in [-0.39, 0.29) is 11.5 Å². The molecule has 2 aliphatic heterocycles. The first-order valence-corrected chi connectivity index (χ1v) is 8.44. The molecule has 1 aromatic heterocycles. The lowest BCUT2D eigenvalue weighted by Crippen LogP contribution is -2.45. The van der Waals surface area contributed by atoms with Crippen LogP contribution in [0.3, 0.4) is 0 Å². The molecule has 2 N–H and O–H groups in total. The van der Waals surface area contributed by atoms with E-state index in [9.17, 15) is 9.59 Å². The standard InChI is InChI=1S/C19H21N3O2/c1-12(23)21-16-4-2-14(3-5-16)17-6-7-18-15-8-13(9-20-10-15)11-22(18)19(17)24/h2-7,13,15,20H,8-11H2,1H3,(H,21,23)/t13-,15-/m1/s1. The average molecular weight is 323 g/mol. The largest absolute Gasteiger partial charge is 0.326 e. The van der Waals surface area contributed by atoms with Crippen LogP contribution in [-0.2, 0) is 11.3 Å². The molecule has 2 bridgehead atoms. The van der Waals surface area contributed by atoms with Crippen molar-refractivity contribution in [2.45, 2.75) is 25.8 Å². The van der Waals surface area contributed by atoms with E-state index in [1.165, 1.54) is 13.3 Å². The third-order valence-electron chi connectivity index (χ3n) is 5.02. The van der Waals surface area contributed by atoms with Gasteiger partial charge in [-0.05, 0) is 48.7 Å². The van der Waals surface area contributed by atoms with Crippen molar-refractivity contribution in [1.29, 1.82) is 0 Å². The molecule has 3 heterocycles. The molecule has 0 spiro atoms. The number of carbonyl (C=O) groups excluding carboxylic acids is 1. The van der Waals surface area contributed by atoms with E-state index in [1.807, 2.05) is 34.9 Å². The molecule has 5 heteroatoms. The van der Waals surface area contributed by atoms with Crippen molar-refractivity contribution in [2.75, 3.05) is 18.4 Å². The summed E-state index contributed by atoms with van der Waals surface area (Å²) in [5.74, 6) is 0.893. The Morgan fingerprint density at radius 1 is 1.17 bits per heavy atom. The molecule has 0 saturated carbocycles. The van der Waals surface area contributed by atoms with Crippen molar-refractivity contribution >= 4 is 11.6 Å². The second kappa shape index (κ2) is 5.91. The second-order valence-corrected chi connectivity index (χ2v) is 6.80. The number of hydrogen-bond donors (Lipinski definition) is 2. The van der Waals surface area contributed by atoms with Crippen molar-refractivity contribution < 1.29 is 4.79 Å². The Kier molecular flexibility index (Phi) is 3.73. The van der Waals surface area contributed by atoms with Crippen LogP contribution in [0.15, 0.2) is 41.2 Å². The molecular formula is C19H21N3O2. The number of nitrogens with one attached hydrogen (secondary N) is 2. The van der Waals surface area contributed by atoms with Crippen LogP contribution in [0.1, 0.15) is 25.0 Å². The van der Waals surface area contributed by atoms with Gasteiger partial charge in [-0.3, -0.25) is 9.59 Å². The number of anilines is 1. The first kappa shape index (κ1) is 15.1. The van der Waals surface area contributed by atoms with Gasteiger partial charge in [-0.15, -0.1) is 0 Å². The first-order valence-electron chi connectivity index (χ1n) is 8.44. The van der Waals surface area contributed by atoms with E-state index >= 15 is 0 Å². The summed E-state index contributed by atoms with van der Waals surface area (Å²) in [6.07, 6.45) is 1.18. The molecule has 2 aliphatic rings. The van der Waals surface area contributed by atoms with Gasteiger partial charge in [0.15, 0.2) is 0 Å². The van der Waals surface area contributed by atoms with Crippen LogP contribution in [-0.4, -0.2) is 23.6 Å². The van der Waals surface area contributed by atoms with Gasteiger partial charge in [0.1, 0.15) is 0 Å². The van der Waals surface area contributed by atoms with Crippen molar-refractivity contribution in [3.63, 3.8) is 0 Å². The van der Waals surface area contributed by atoms with Gasteiger partial charge < -0.3 is 15.2 Å². The highest BCUT2D eigenvalue weighted by Gasteiger charge is 2.31. The van der Waals surface area contributed by atoms with E-state index in [0.717, 1.165) is 42.1 Å². The van der Waals surface area contributed by atoms with E-state index in [1.54, 1.807) is 0 Å². The zero-order valence-electron chi connectivity index (χ0n) is 13.7. The highest BCUT2D eigenvalue weighted by molar-refractivity contribution is 5.88. The van der Waals surface area contributed by atoms with Crippen LogP contribution in [0.4, 0.5) is 5.69 Å². The number of piperidine rings is 1. The lowest BCUT2D eigenvalue weighted by Gasteiger charge is -2.37. The minimum Gasteiger partial charge on any atom is -0.326 e. The number of nitrogens with zero attached hydrogens (tertiary/aromatic N) is 1. The van der Waals surface area contributed by atoms with Gasteiger partial charge in [0.25, 0.3) is 5.56 Å². The topological polar surface area (TPSA) is 63.1 Å². The van der Waals surface area contributed by atoms with Gasteiger partial charge in [-0.25, -0.2) is 0 Å². The Morgan fingerprint density at radius 2 is 1.96 bits per heavy atom. The Hall–Kier alpha value is -2.40. The van der Waals surface area contributed by atoms with Crippen LogP contribution in [0.25, 0.3) is 11.1 Å². The number of carbonyl (C=O) groups is 1. The normalized spacial score (nSPS) is 21.9. The van der Waals surface area contributed by atoms with Gasteiger partial charge in [0.05, 0.1) is 0 Å². The fourth-order valence-corrected chi connectivity index (χ4v) is 3.95. The van der Waals surface area contributed by atoms with Crippen LogP contribution in [0.2, 0.25) is 0 Å². The maximum absolute atomic E-state index is 13.0. The SMILES string of the molecule is CC(=O)Nc1ccc(-c2ccc3n(c2=O)C[C@H]2CNC[C@H]3C2)cc1. The molecule has 4 rings (SSSR count). The molecule has 124 valence electrons. The molecule has 1 fully saturated rings. The smallest absolute Gasteiger partial charge is 0.258 e. The highest BCUT2D eigenvalue weighted by atomic mass is 16.1. The molecule has 1 aromatic carbocycles. The maximum Gasteiger partial charge on any atom is 0.258 e. The van der Waals surface area contributed by atoms with E-state index < -0.39 is 0 Å². The lowest BCUT2D eigenvalue weighted by molar-refractivity contribution is -0.114. The summed E-state index contributed by atoms with van der Waals surface area (Å²) in [5.41, 5.74) is 3.60. The number of hydrogen-bond acceptors (Lipinski definition) is 3. The van der Waals surface area contributed by atoms with Crippen LogP contribution in [0.5, 0.6) is 0 Å². The Morgan fingerprint density at radius 3 is 2.71 bits per heavy atom. The first-order chi connectivity index (χ1) is 11.6. The molecule has 1 saturated heterocycles. The molecule has 5 nitrogen and oxygen atoms in total. The molecular weight excluding hydrogens is 302 g/mol. The molecule has 2 aromatic rings. The molecule has 0 aliphatic carbocycles. The van der Waals surface area contributed by atoms with Crippen LogP contribution in [0, 0.1) is 5.92 Å². The Labute approximate surface area is 140 Å². The molecule has 24 heavy (non-hydrogen) atoms. The van der Waals surface area contributed by atoms with Gasteiger partial charge >= 0.3 is 0 Å². The third kappa shape index (κ3) is 2.65. The van der Waals surface area contributed by atoms with Crippen molar-refractivity contribution in [1.82, 2.24) is 9.88 Å². The van der Waals surface area contributed by atoms with E-state index in [0.29, 0.717) is 11.8 Å². The van der Waals surface area contributed by atoms with Crippen LogP contribution < -0.4 is 16.2 Å². The minimum atomic E-state index is -0.100. The molecule has 0 radical (unpaired) electrons. The summed E-state index contributed by atoms with van der Waals surface area (Å²) in [7, 11) is 0. The summed E-state index contributed by atoms with van der Waals surface area (Å²) in [6, 6.07) is 11.5. The summed E-state index contributed by atoms with van der Waals surface area (Å²) in [5, 5.41) is 6.21. The van der Waals surface area contributed by atoms with E-state index in [2.05, 4.69) is 16.7 Å². The summed E-state index contributed by atoms with van der Waals surface area (Å²) in [4.78, 5) is 24.1. The Bertz CT molecular complexity index is 839. The summed E-state index contributed by atoms with van der Waals surface area (Å²) in [6.45, 7) is 4.24. The highest BCUT2D eigenvalue weighted by Crippen LogP contribution is 2.32. The predicted octanol–water partition coefficient (Wildman–Crippen LogP) is 2.18. The molecule has 1 amide bonds. The second-order valence-electron chi connectivity index (χ2n) is 6.80. The van der Waals surface area contributed by atoms with E-state index in [4.69, 9.17) is 0 Å². The maximum atomic E-state index is 13.0. The lowest BCUT2D eigenvalue weighted by atomic mass is 9.84. The van der Waals surface area contributed by atoms with Gasteiger partial charge in [0.2, 0.25) is 5.91 Å². The zero-order chi connectivity index (χ0) is 16.7. The molecule has 0 unspecified atom stereocenters. The van der Waals surface area contributed by atoms with Gasteiger partial charge in [-0.2, -0.15) is 0 Å². The number of rotatable bonds is 2. The fraction of sp³-hybridized carbons (Fsp3) is 0.368. The number of fused-ring (bicyclic) bond motifs is 4. The van der Waals surface area contributed by atoms with Crippen LogP contribution >= 0.6 is 0 Å². The minimum absolute atomic E-state index is 0.0939. The van der Waals surface area contributed by atoms with Gasteiger partial charge in [0, 0.05) is 42.9 Å².